The number of nitrogens with one attached hydrogen (secondary N) is 1. The third kappa shape index (κ3) is 3.47. The summed E-state index contributed by atoms with van der Waals surface area (Å²) in [6.07, 6.45) is 4.47. The SMILES string of the molecule is Cc1c(F)cccc1NC1CCCC(S(C)(=O)=O)C1. The fraction of sp³-hybridized carbons (Fsp3) is 0.571. The molecule has 19 heavy (non-hydrogen) atoms. The summed E-state index contributed by atoms with van der Waals surface area (Å²) in [4.78, 5) is 0. The molecule has 0 amide bonds. The molecule has 0 aromatic heterocycles. The molecule has 1 aromatic carbocycles. The van der Waals surface area contributed by atoms with E-state index < -0.39 is 9.84 Å². The number of hydrogen-bond donors (Lipinski definition) is 1. The number of hydrogen-bond acceptors (Lipinski definition) is 3. The molecule has 0 bridgehead atoms. The van der Waals surface area contributed by atoms with Gasteiger partial charge in [0, 0.05) is 23.5 Å². The lowest BCUT2D eigenvalue weighted by molar-refractivity contribution is 0.452. The molecule has 1 aliphatic carbocycles. The molecule has 0 saturated heterocycles. The zero-order valence-electron chi connectivity index (χ0n) is 11.3. The minimum absolute atomic E-state index is 0.106. The lowest BCUT2D eigenvalue weighted by Crippen LogP contribution is -2.34. The second-order valence-corrected chi connectivity index (χ2v) is 7.70. The van der Waals surface area contributed by atoms with Crippen LogP contribution in [0.25, 0.3) is 0 Å². The molecule has 0 spiro atoms. The van der Waals surface area contributed by atoms with Crippen molar-refractivity contribution in [1.29, 1.82) is 0 Å². The maximum atomic E-state index is 13.5. The van der Waals surface area contributed by atoms with Crippen molar-refractivity contribution in [2.45, 2.75) is 43.9 Å². The van der Waals surface area contributed by atoms with Crippen LogP contribution in [0.3, 0.4) is 0 Å². The summed E-state index contributed by atoms with van der Waals surface area (Å²) in [5.74, 6) is -0.236. The number of anilines is 1. The van der Waals surface area contributed by atoms with E-state index in [-0.39, 0.29) is 17.1 Å². The predicted molar refractivity (Wildman–Crippen MR) is 75.6 cm³/mol. The Morgan fingerprint density at radius 3 is 2.74 bits per heavy atom. The van der Waals surface area contributed by atoms with Crippen LogP contribution in [0.15, 0.2) is 18.2 Å². The molecule has 1 aliphatic rings. The van der Waals surface area contributed by atoms with Gasteiger partial charge < -0.3 is 5.32 Å². The Kier molecular flexibility index (Phi) is 4.13. The fourth-order valence-corrected chi connectivity index (χ4v) is 3.83. The zero-order valence-corrected chi connectivity index (χ0v) is 12.1. The van der Waals surface area contributed by atoms with Gasteiger partial charge in [0.1, 0.15) is 15.7 Å². The molecule has 5 heteroatoms. The first kappa shape index (κ1) is 14.3. The van der Waals surface area contributed by atoms with Crippen LogP contribution in [0, 0.1) is 12.7 Å². The van der Waals surface area contributed by atoms with E-state index in [2.05, 4.69) is 5.32 Å². The van der Waals surface area contributed by atoms with Crippen LogP contribution in [0.1, 0.15) is 31.2 Å². The summed E-state index contributed by atoms with van der Waals surface area (Å²) in [5, 5.41) is 3.02. The minimum atomic E-state index is -2.98. The summed E-state index contributed by atoms with van der Waals surface area (Å²) >= 11 is 0. The van der Waals surface area contributed by atoms with Gasteiger partial charge in [-0.25, -0.2) is 12.8 Å². The normalized spacial score (nSPS) is 24.2. The first-order valence-electron chi connectivity index (χ1n) is 6.58. The van der Waals surface area contributed by atoms with Gasteiger partial charge in [-0.05, 0) is 38.3 Å². The highest BCUT2D eigenvalue weighted by Gasteiger charge is 2.28. The quantitative estimate of drug-likeness (QED) is 0.929. The summed E-state index contributed by atoms with van der Waals surface area (Å²) < 4.78 is 36.7. The van der Waals surface area contributed by atoms with Crippen molar-refractivity contribution >= 4 is 15.5 Å². The molecule has 3 nitrogen and oxygen atoms in total. The van der Waals surface area contributed by atoms with Crippen molar-refractivity contribution in [1.82, 2.24) is 0 Å². The van der Waals surface area contributed by atoms with Crippen molar-refractivity contribution in [2.75, 3.05) is 11.6 Å². The lowest BCUT2D eigenvalue weighted by atomic mass is 9.94. The van der Waals surface area contributed by atoms with Crippen LogP contribution in [0.4, 0.5) is 10.1 Å². The maximum Gasteiger partial charge on any atom is 0.150 e. The van der Waals surface area contributed by atoms with Crippen molar-refractivity contribution < 1.29 is 12.8 Å². The average Bonchev–Trinajstić information content (AvgIpc) is 2.34. The van der Waals surface area contributed by atoms with Gasteiger partial charge >= 0.3 is 0 Å². The first-order valence-corrected chi connectivity index (χ1v) is 8.54. The highest BCUT2D eigenvalue weighted by molar-refractivity contribution is 7.91. The largest absolute Gasteiger partial charge is 0.382 e. The number of benzene rings is 1. The van der Waals surface area contributed by atoms with E-state index >= 15 is 0 Å². The van der Waals surface area contributed by atoms with E-state index in [0.29, 0.717) is 12.0 Å². The van der Waals surface area contributed by atoms with E-state index in [0.717, 1.165) is 24.9 Å². The Balaban J connectivity index is 2.09. The number of halogens is 1. The van der Waals surface area contributed by atoms with E-state index in [1.54, 1.807) is 13.0 Å². The first-order chi connectivity index (χ1) is 8.88. The maximum absolute atomic E-state index is 13.5. The molecule has 1 fully saturated rings. The lowest BCUT2D eigenvalue weighted by Gasteiger charge is -2.29. The van der Waals surface area contributed by atoms with Crippen molar-refractivity contribution in [3.05, 3.63) is 29.6 Å². The van der Waals surface area contributed by atoms with Gasteiger partial charge in [0.25, 0.3) is 0 Å². The Morgan fingerprint density at radius 1 is 1.32 bits per heavy atom. The fourth-order valence-electron chi connectivity index (χ4n) is 2.65. The summed E-state index contributed by atoms with van der Waals surface area (Å²) in [6, 6.07) is 5.04. The van der Waals surface area contributed by atoms with E-state index in [9.17, 15) is 12.8 Å². The summed E-state index contributed by atoms with van der Waals surface area (Å²) in [6.45, 7) is 1.73. The molecule has 1 saturated carbocycles. The van der Waals surface area contributed by atoms with Gasteiger partial charge in [0.2, 0.25) is 0 Å². The third-order valence-corrected chi connectivity index (χ3v) is 5.50. The monoisotopic (exact) mass is 285 g/mol. The van der Waals surface area contributed by atoms with Gasteiger partial charge in [-0.3, -0.25) is 0 Å². The molecule has 106 valence electrons. The molecule has 2 atom stereocenters. The Bertz CT molecular complexity index is 557. The van der Waals surface area contributed by atoms with Gasteiger partial charge in [0.05, 0.1) is 5.25 Å². The molecule has 1 N–H and O–H groups in total. The van der Waals surface area contributed by atoms with Crippen LogP contribution >= 0.6 is 0 Å². The highest BCUT2D eigenvalue weighted by atomic mass is 32.2. The minimum Gasteiger partial charge on any atom is -0.382 e. The molecule has 0 radical (unpaired) electrons. The van der Waals surface area contributed by atoms with Crippen LogP contribution in [-0.4, -0.2) is 26.0 Å². The van der Waals surface area contributed by atoms with Gasteiger partial charge in [-0.15, -0.1) is 0 Å². The molecule has 2 unspecified atom stereocenters. The van der Waals surface area contributed by atoms with Crippen LogP contribution in [-0.2, 0) is 9.84 Å². The van der Waals surface area contributed by atoms with Crippen molar-refractivity contribution in [3.8, 4) is 0 Å². The van der Waals surface area contributed by atoms with Crippen LogP contribution in [0.5, 0.6) is 0 Å². The molecule has 2 rings (SSSR count). The Hall–Kier alpha value is -1.10. The molecule has 0 aliphatic heterocycles. The van der Waals surface area contributed by atoms with E-state index in [4.69, 9.17) is 0 Å². The zero-order chi connectivity index (χ0) is 14.0. The second kappa shape index (κ2) is 5.49. The van der Waals surface area contributed by atoms with Crippen molar-refractivity contribution in [2.24, 2.45) is 0 Å². The number of rotatable bonds is 3. The molecule has 0 heterocycles. The van der Waals surface area contributed by atoms with Crippen LogP contribution in [0.2, 0.25) is 0 Å². The average molecular weight is 285 g/mol. The number of sulfone groups is 1. The van der Waals surface area contributed by atoms with Crippen LogP contribution < -0.4 is 5.32 Å². The second-order valence-electron chi connectivity index (χ2n) is 5.37. The Labute approximate surface area is 114 Å². The van der Waals surface area contributed by atoms with Crippen molar-refractivity contribution in [3.63, 3.8) is 0 Å². The van der Waals surface area contributed by atoms with Gasteiger partial charge in [-0.1, -0.05) is 12.5 Å². The standard InChI is InChI=1S/C14H20FNO2S/c1-10-13(15)7-4-8-14(10)16-11-5-3-6-12(9-11)19(2,17)18/h4,7-8,11-12,16H,3,5-6,9H2,1-2H3. The molecule has 1 aromatic rings. The highest BCUT2D eigenvalue weighted by Crippen LogP contribution is 2.27. The van der Waals surface area contributed by atoms with Gasteiger partial charge in [-0.2, -0.15) is 0 Å². The molecular weight excluding hydrogens is 265 g/mol. The third-order valence-electron chi connectivity index (χ3n) is 3.86. The van der Waals surface area contributed by atoms with E-state index in [1.807, 2.05) is 6.07 Å². The predicted octanol–water partition coefficient (Wildman–Crippen LogP) is 2.90. The van der Waals surface area contributed by atoms with Gasteiger partial charge in [0.15, 0.2) is 0 Å². The van der Waals surface area contributed by atoms with E-state index in [1.165, 1.54) is 12.3 Å². The Morgan fingerprint density at radius 2 is 2.05 bits per heavy atom. The summed E-state index contributed by atoms with van der Waals surface area (Å²) in [5.41, 5.74) is 1.35. The molecular formula is C14H20FNO2S. The smallest absolute Gasteiger partial charge is 0.150 e. The topological polar surface area (TPSA) is 46.2 Å². The summed E-state index contributed by atoms with van der Waals surface area (Å²) in [7, 11) is -2.98.